The molecule has 0 aliphatic carbocycles. The van der Waals surface area contributed by atoms with Gasteiger partial charge in [0.2, 0.25) is 5.91 Å². The van der Waals surface area contributed by atoms with E-state index in [0.29, 0.717) is 12.0 Å². The zero-order valence-corrected chi connectivity index (χ0v) is 10.9. The van der Waals surface area contributed by atoms with Crippen molar-refractivity contribution in [1.82, 2.24) is 15.5 Å². The van der Waals surface area contributed by atoms with Crippen molar-refractivity contribution in [3.8, 4) is 0 Å². The molecular weight excluding hydrogens is 202 g/mol. The monoisotopic (exact) mass is 227 g/mol. The summed E-state index contributed by atoms with van der Waals surface area (Å²) in [5.41, 5.74) is 0. The number of carbonyl (C=O) groups is 1. The Labute approximate surface area is 98.8 Å². The fourth-order valence-electron chi connectivity index (χ4n) is 1.96. The predicted octanol–water partition coefficient (Wildman–Crippen LogP) is 0.441. The number of nitrogens with one attached hydrogen (secondary N) is 2. The lowest BCUT2D eigenvalue weighted by Crippen LogP contribution is -2.61. The number of carbonyl (C=O) groups excluding carboxylic acids is 1. The zero-order valence-electron chi connectivity index (χ0n) is 10.9. The number of amides is 1. The van der Waals surface area contributed by atoms with Gasteiger partial charge in [-0.05, 0) is 19.4 Å². The van der Waals surface area contributed by atoms with Crippen LogP contribution >= 0.6 is 0 Å². The number of hydrogen-bond donors (Lipinski definition) is 2. The Bertz CT molecular complexity index is 226. The van der Waals surface area contributed by atoms with E-state index in [-0.39, 0.29) is 11.9 Å². The SMILES string of the molecule is CCN(C1CNC1)C(C)C(=O)NCC(C)C. The number of hydrogen-bond acceptors (Lipinski definition) is 3. The maximum Gasteiger partial charge on any atom is 0.237 e. The lowest BCUT2D eigenvalue weighted by molar-refractivity contribution is -0.127. The number of likely N-dealkylation sites (N-methyl/N-ethyl adjacent to an activating group) is 1. The minimum atomic E-state index is -0.0177. The van der Waals surface area contributed by atoms with Gasteiger partial charge in [-0.1, -0.05) is 20.8 Å². The van der Waals surface area contributed by atoms with E-state index >= 15 is 0 Å². The Balaban J connectivity index is 2.40. The molecule has 0 saturated carbocycles. The van der Waals surface area contributed by atoms with Crippen molar-refractivity contribution < 1.29 is 4.79 Å². The van der Waals surface area contributed by atoms with Gasteiger partial charge in [-0.3, -0.25) is 9.69 Å². The quantitative estimate of drug-likeness (QED) is 0.692. The van der Waals surface area contributed by atoms with Crippen LogP contribution in [0.25, 0.3) is 0 Å². The van der Waals surface area contributed by atoms with E-state index in [1.54, 1.807) is 0 Å². The Hall–Kier alpha value is -0.610. The summed E-state index contributed by atoms with van der Waals surface area (Å²) in [4.78, 5) is 14.2. The van der Waals surface area contributed by atoms with Gasteiger partial charge in [-0.2, -0.15) is 0 Å². The van der Waals surface area contributed by atoms with Crippen LogP contribution in [0.5, 0.6) is 0 Å². The Morgan fingerprint density at radius 1 is 1.44 bits per heavy atom. The molecule has 0 aromatic heterocycles. The third-order valence-corrected chi connectivity index (χ3v) is 3.16. The molecular formula is C12H25N3O. The highest BCUT2D eigenvalue weighted by Crippen LogP contribution is 2.09. The fraction of sp³-hybridized carbons (Fsp3) is 0.917. The summed E-state index contributed by atoms with van der Waals surface area (Å²) in [5.74, 6) is 0.666. The summed E-state index contributed by atoms with van der Waals surface area (Å²) in [6, 6.07) is 0.514. The van der Waals surface area contributed by atoms with E-state index in [1.165, 1.54) is 0 Å². The molecule has 0 aromatic carbocycles. The second-order valence-corrected chi connectivity index (χ2v) is 4.96. The normalized spacial score (nSPS) is 18.6. The molecule has 0 radical (unpaired) electrons. The van der Waals surface area contributed by atoms with Crippen molar-refractivity contribution >= 4 is 5.91 Å². The topological polar surface area (TPSA) is 44.4 Å². The molecule has 1 amide bonds. The van der Waals surface area contributed by atoms with E-state index in [2.05, 4.69) is 36.3 Å². The minimum Gasteiger partial charge on any atom is -0.354 e. The Morgan fingerprint density at radius 2 is 2.06 bits per heavy atom. The minimum absolute atomic E-state index is 0.0177. The Kier molecular flexibility index (Phi) is 5.22. The number of nitrogens with zero attached hydrogens (tertiary/aromatic N) is 1. The first-order chi connectivity index (χ1) is 7.56. The van der Waals surface area contributed by atoms with Crippen LogP contribution in [0.1, 0.15) is 27.7 Å². The van der Waals surface area contributed by atoms with Crippen LogP contribution in [-0.4, -0.2) is 49.1 Å². The highest BCUT2D eigenvalue weighted by Gasteiger charge is 2.30. The van der Waals surface area contributed by atoms with Crippen LogP contribution in [0.3, 0.4) is 0 Å². The molecule has 0 aromatic rings. The van der Waals surface area contributed by atoms with Crippen LogP contribution in [-0.2, 0) is 4.79 Å². The summed E-state index contributed by atoms with van der Waals surface area (Å²) in [5, 5.41) is 6.25. The van der Waals surface area contributed by atoms with Crippen LogP contribution in [0.2, 0.25) is 0 Å². The number of rotatable bonds is 6. The largest absolute Gasteiger partial charge is 0.354 e. The van der Waals surface area contributed by atoms with Gasteiger partial charge in [0.25, 0.3) is 0 Å². The highest BCUT2D eigenvalue weighted by atomic mass is 16.2. The molecule has 1 rings (SSSR count). The van der Waals surface area contributed by atoms with E-state index < -0.39 is 0 Å². The Morgan fingerprint density at radius 3 is 2.44 bits per heavy atom. The molecule has 2 N–H and O–H groups in total. The fourth-order valence-corrected chi connectivity index (χ4v) is 1.96. The zero-order chi connectivity index (χ0) is 12.1. The van der Waals surface area contributed by atoms with Crippen molar-refractivity contribution in [2.75, 3.05) is 26.2 Å². The molecule has 94 valence electrons. The molecule has 1 aliphatic rings. The summed E-state index contributed by atoms with van der Waals surface area (Å²) >= 11 is 0. The van der Waals surface area contributed by atoms with Gasteiger partial charge in [-0.25, -0.2) is 0 Å². The first-order valence-corrected chi connectivity index (χ1v) is 6.30. The van der Waals surface area contributed by atoms with Crippen LogP contribution in [0.15, 0.2) is 0 Å². The molecule has 1 aliphatic heterocycles. The van der Waals surface area contributed by atoms with Gasteiger partial charge in [0.1, 0.15) is 0 Å². The molecule has 1 atom stereocenters. The predicted molar refractivity (Wildman–Crippen MR) is 66.3 cm³/mol. The molecule has 4 heteroatoms. The molecule has 1 saturated heterocycles. The van der Waals surface area contributed by atoms with Gasteiger partial charge in [-0.15, -0.1) is 0 Å². The van der Waals surface area contributed by atoms with E-state index in [1.807, 2.05) is 6.92 Å². The molecule has 0 bridgehead atoms. The first-order valence-electron chi connectivity index (χ1n) is 6.30. The van der Waals surface area contributed by atoms with Gasteiger partial charge in [0.05, 0.1) is 6.04 Å². The van der Waals surface area contributed by atoms with Crippen molar-refractivity contribution in [3.05, 3.63) is 0 Å². The van der Waals surface area contributed by atoms with E-state index in [9.17, 15) is 4.79 Å². The van der Waals surface area contributed by atoms with E-state index in [4.69, 9.17) is 0 Å². The van der Waals surface area contributed by atoms with Crippen molar-refractivity contribution in [2.45, 2.75) is 39.8 Å². The molecule has 1 fully saturated rings. The first kappa shape index (κ1) is 13.5. The van der Waals surface area contributed by atoms with Crippen LogP contribution < -0.4 is 10.6 Å². The summed E-state index contributed by atoms with van der Waals surface area (Å²) in [7, 11) is 0. The second kappa shape index (κ2) is 6.21. The third kappa shape index (κ3) is 3.46. The average molecular weight is 227 g/mol. The maximum atomic E-state index is 11.9. The lowest BCUT2D eigenvalue weighted by Gasteiger charge is -2.40. The molecule has 1 unspecified atom stereocenters. The van der Waals surface area contributed by atoms with Gasteiger partial charge < -0.3 is 10.6 Å². The second-order valence-electron chi connectivity index (χ2n) is 4.96. The van der Waals surface area contributed by atoms with Crippen molar-refractivity contribution in [2.24, 2.45) is 5.92 Å². The smallest absolute Gasteiger partial charge is 0.237 e. The molecule has 1 heterocycles. The lowest BCUT2D eigenvalue weighted by atomic mass is 10.1. The standard InChI is InChI=1S/C12H25N3O/c1-5-15(11-7-13-8-11)10(4)12(16)14-6-9(2)3/h9-11,13H,5-8H2,1-4H3,(H,14,16). The summed E-state index contributed by atoms with van der Waals surface area (Å²) < 4.78 is 0. The molecule has 0 spiro atoms. The van der Waals surface area contributed by atoms with Crippen LogP contribution in [0, 0.1) is 5.92 Å². The van der Waals surface area contributed by atoms with Crippen LogP contribution in [0.4, 0.5) is 0 Å². The molecule has 16 heavy (non-hydrogen) atoms. The van der Waals surface area contributed by atoms with Crippen molar-refractivity contribution in [1.29, 1.82) is 0 Å². The van der Waals surface area contributed by atoms with Gasteiger partial charge in [0.15, 0.2) is 0 Å². The van der Waals surface area contributed by atoms with E-state index in [0.717, 1.165) is 26.2 Å². The van der Waals surface area contributed by atoms with Gasteiger partial charge >= 0.3 is 0 Å². The van der Waals surface area contributed by atoms with Crippen molar-refractivity contribution in [3.63, 3.8) is 0 Å². The average Bonchev–Trinajstić information content (AvgIpc) is 2.18. The maximum absolute atomic E-state index is 11.9. The summed E-state index contributed by atoms with van der Waals surface area (Å²) in [6.45, 7) is 12.1. The van der Waals surface area contributed by atoms with Gasteiger partial charge in [0, 0.05) is 25.7 Å². The highest BCUT2D eigenvalue weighted by molar-refractivity contribution is 5.81. The third-order valence-electron chi connectivity index (χ3n) is 3.16. The molecule has 4 nitrogen and oxygen atoms in total. The summed E-state index contributed by atoms with van der Waals surface area (Å²) in [6.07, 6.45) is 0.